The molecule has 2 aromatic carbocycles. The molecule has 0 saturated heterocycles. The first-order valence-electron chi connectivity index (χ1n) is 7.01. The van der Waals surface area contributed by atoms with Gasteiger partial charge in [-0.05, 0) is 55.7 Å². The highest BCUT2D eigenvalue weighted by Crippen LogP contribution is 2.27. The molecule has 1 unspecified atom stereocenters. The summed E-state index contributed by atoms with van der Waals surface area (Å²) in [6, 6.07) is 13.8. The van der Waals surface area contributed by atoms with E-state index in [1.807, 2.05) is 38.1 Å². The van der Waals surface area contributed by atoms with Crippen molar-refractivity contribution in [1.29, 1.82) is 0 Å². The molecule has 0 amide bonds. The zero-order valence-electron chi connectivity index (χ0n) is 12.3. The lowest BCUT2D eigenvalue weighted by molar-refractivity contribution is -0.112. The smallest absolute Gasteiger partial charge is 0.130 e. The van der Waals surface area contributed by atoms with Gasteiger partial charge in [0.15, 0.2) is 0 Å². The van der Waals surface area contributed by atoms with Crippen molar-refractivity contribution >= 4 is 6.29 Å². The van der Waals surface area contributed by atoms with Crippen LogP contribution in [0.2, 0.25) is 0 Å². The van der Waals surface area contributed by atoms with E-state index in [0.29, 0.717) is 13.0 Å². The van der Waals surface area contributed by atoms with Crippen LogP contribution in [0.5, 0.6) is 5.75 Å². The van der Waals surface area contributed by atoms with Crippen LogP contribution in [-0.2, 0) is 16.6 Å². The molecule has 2 nitrogen and oxygen atoms in total. The van der Waals surface area contributed by atoms with Crippen LogP contribution in [0.15, 0.2) is 48.5 Å². The molecule has 0 heterocycles. The van der Waals surface area contributed by atoms with Crippen molar-refractivity contribution in [2.24, 2.45) is 0 Å². The Hall–Kier alpha value is -2.16. The molecule has 0 saturated carbocycles. The highest BCUT2D eigenvalue weighted by molar-refractivity contribution is 5.68. The van der Waals surface area contributed by atoms with Crippen LogP contribution in [0.3, 0.4) is 0 Å². The van der Waals surface area contributed by atoms with Crippen molar-refractivity contribution in [3.63, 3.8) is 0 Å². The number of benzene rings is 2. The first-order valence-corrected chi connectivity index (χ1v) is 7.01. The minimum absolute atomic E-state index is 0.301. The Balaban J connectivity index is 2.27. The van der Waals surface area contributed by atoms with Crippen LogP contribution in [0.1, 0.15) is 25.0 Å². The molecule has 21 heavy (non-hydrogen) atoms. The van der Waals surface area contributed by atoms with Crippen molar-refractivity contribution in [2.45, 2.75) is 25.7 Å². The number of hydrogen-bond donors (Lipinski definition) is 0. The number of aldehydes is 1. The van der Waals surface area contributed by atoms with E-state index in [1.165, 1.54) is 12.1 Å². The molecular formula is C18H19FO2. The maximum Gasteiger partial charge on any atom is 0.130 e. The lowest BCUT2D eigenvalue weighted by Crippen LogP contribution is -2.26. The Kier molecular flexibility index (Phi) is 4.73. The number of hydrogen-bond acceptors (Lipinski definition) is 2. The first kappa shape index (κ1) is 15.2. The van der Waals surface area contributed by atoms with Crippen molar-refractivity contribution < 1.29 is 13.9 Å². The van der Waals surface area contributed by atoms with Crippen LogP contribution in [0.25, 0.3) is 0 Å². The molecular weight excluding hydrogens is 267 g/mol. The summed E-state index contributed by atoms with van der Waals surface area (Å²) in [6.07, 6.45) is 1.47. The molecule has 3 heteroatoms. The standard InChI is InChI=1S/C18H19FO2/c1-3-21-17-6-4-5-14(11-17)12-18(2,13-20)15-7-9-16(19)10-8-15/h4-11,13H,3,12H2,1-2H3. The topological polar surface area (TPSA) is 26.3 Å². The van der Waals surface area contributed by atoms with E-state index in [9.17, 15) is 9.18 Å². The Bertz CT molecular complexity index is 607. The predicted molar refractivity (Wildman–Crippen MR) is 81.1 cm³/mol. The molecule has 0 aliphatic rings. The molecule has 2 aromatic rings. The van der Waals surface area contributed by atoms with Gasteiger partial charge in [0.1, 0.15) is 17.9 Å². The molecule has 0 aliphatic heterocycles. The van der Waals surface area contributed by atoms with Crippen LogP contribution >= 0.6 is 0 Å². The second-order valence-corrected chi connectivity index (χ2v) is 5.30. The highest BCUT2D eigenvalue weighted by atomic mass is 19.1. The third-order valence-corrected chi connectivity index (χ3v) is 3.54. The monoisotopic (exact) mass is 286 g/mol. The van der Waals surface area contributed by atoms with Crippen molar-refractivity contribution in [3.8, 4) is 5.75 Å². The molecule has 0 aromatic heterocycles. The number of ether oxygens (including phenoxy) is 1. The Morgan fingerprint density at radius 3 is 2.52 bits per heavy atom. The van der Waals surface area contributed by atoms with Crippen LogP contribution in [0.4, 0.5) is 4.39 Å². The normalized spacial score (nSPS) is 13.5. The minimum Gasteiger partial charge on any atom is -0.494 e. The van der Waals surface area contributed by atoms with Crippen LogP contribution in [0, 0.1) is 5.82 Å². The number of rotatable bonds is 6. The molecule has 110 valence electrons. The largest absolute Gasteiger partial charge is 0.494 e. The third-order valence-electron chi connectivity index (χ3n) is 3.54. The summed E-state index contributed by atoms with van der Waals surface area (Å²) in [4.78, 5) is 11.6. The van der Waals surface area contributed by atoms with Gasteiger partial charge in [0.2, 0.25) is 0 Å². The quantitative estimate of drug-likeness (QED) is 0.752. The first-order chi connectivity index (χ1) is 10.1. The molecule has 0 fully saturated rings. The van der Waals surface area contributed by atoms with Gasteiger partial charge in [0, 0.05) is 0 Å². The molecule has 0 spiro atoms. The number of carbonyl (C=O) groups is 1. The van der Waals surface area contributed by atoms with E-state index in [4.69, 9.17) is 4.74 Å². The van der Waals surface area contributed by atoms with Crippen molar-refractivity contribution in [1.82, 2.24) is 0 Å². The lowest BCUT2D eigenvalue weighted by atomic mass is 9.78. The second-order valence-electron chi connectivity index (χ2n) is 5.30. The van der Waals surface area contributed by atoms with E-state index in [0.717, 1.165) is 23.2 Å². The predicted octanol–water partition coefficient (Wildman–Crippen LogP) is 3.92. The lowest BCUT2D eigenvalue weighted by Gasteiger charge is -2.24. The van der Waals surface area contributed by atoms with E-state index < -0.39 is 5.41 Å². The van der Waals surface area contributed by atoms with Gasteiger partial charge in [-0.15, -0.1) is 0 Å². The van der Waals surface area contributed by atoms with E-state index >= 15 is 0 Å². The molecule has 0 radical (unpaired) electrons. The van der Waals surface area contributed by atoms with E-state index in [-0.39, 0.29) is 5.82 Å². The van der Waals surface area contributed by atoms with E-state index in [1.54, 1.807) is 12.1 Å². The average molecular weight is 286 g/mol. The van der Waals surface area contributed by atoms with Gasteiger partial charge in [-0.1, -0.05) is 24.3 Å². The number of halogens is 1. The molecule has 0 aliphatic carbocycles. The van der Waals surface area contributed by atoms with Gasteiger partial charge in [0.05, 0.1) is 12.0 Å². The summed E-state index contributed by atoms with van der Waals surface area (Å²) in [6.45, 7) is 4.40. The Morgan fingerprint density at radius 2 is 1.90 bits per heavy atom. The van der Waals surface area contributed by atoms with E-state index in [2.05, 4.69) is 0 Å². The van der Waals surface area contributed by atoms with Gasteiger partial charge < -0.3 is 9.53 Å². The van der Waals surface area contributed by atoms with Crippen LogP contribution in [-0.4, -0.2) is 12.9 Å². The minimum atomic E-state index is -0.682. The summed E-state index contributed by atoms with van der Waals surface area (Å²) < 4.78 is 18.5. The maximum absolute atomic E-state index is 13.0. The molecule has 2 rings (SSSR count). The molecule has 1 atom stereocenters. The molecule has 0 bridgehead atoms. The highest BCUT2D eigenvalue weighted by Gasteiger charge is 2.26. The SMILES string of the molecule is CCOc1cccc(CC(C)(C=O)c2ccc(F)cc2)c1. The Labute approximate surface area is 124 Å². The summed E-state index contributed by atoms with van der Waals surface area (Å²) in [5.74, 6) is 0.493. The van der Waals surface area contributed by atoms with Gasteiger partial charge in [0.25, 0.3) is 0 Å². The maximum atomic E-state index is 13.0. The fourth-order valence-electron chi connectivity index (χ4n) is 2.38. The summed E-state index contributed by atoms with van der Waals surface area (Å²) >= 11 is 0. The van der Waals surface area contributed by atoms with Crippen molar-refractivity contribution in [2.75, 3.05) is 6.61 Å². The van der Waals surface area contributed by atoms with Crippen molar-refractivity contribution in [3.05, 3.63) is 65.5 Å². The third kappa shape index (κ3) is 3.69. The van der Waals surface area contributed by atoms with Gasteiger partial charge >= 0.3 is 0 Å². The molecule has 0 N–H and O–H groups in total. The zero-order chi connectivity index (χ0) is 15.3. The van der Waals surface area contributed by atoms with Crippen LogP contribution < -0.4 is 4.74 Å². The Morgan fingerprint density at radius 1 is 1.19 bits per heavy atom. The summed E-state index contributed by atoms with van der Waals surface area (Å²) in [5, 5.41) is 0. The zero-order valence-corrected chi connectivity index (χ0v) is 12.3. The fraction of sp³-hybridized carbons (Fsp3) is 0.278. The van der Waals surface area contributed by atoms with Gasteiger partial charge in [-0.25, -0.2) is 4.39 Å². The fourth-order valence-corrected chi connectivity index (χ4v) is 2.38. The van der Waals surface area contributed by atoms with Gasteiger partial charge in [-0.3, -0.25) is 0 Å². The van der Waals surface area contributed by atoms with Gasteiger partial charge in [-0.2, -0.15) is 0 Å². The average Bonchev–Trinajstić information content (AvgIpc) is 2.48. The second kappa shape index (κ2) is 6.53. The number of carbonyl (C=O) groups excluding carboxylic acids is 1. The summed E-state index contributed by atoms with van der Waals surface area (Å²) in [7, 11) is 0. The summed E-state index contributed by atoms with van der Waals surface area (Å²) in [5.41, 5.74) is 1.14.